The van der Waals surface area contributed by atoms with Gasteiger partial charge in [-0.2, -0.15) is 0 Å². The summed E-state index contributed by atoms with van der Waals surface area (Å²) in [6.45, 7) is 0.694. The SMILES string of the molecule is CNCc1cnc(Oc2cc(OC)cc(OC)c2)c(Cl)c1. The average Bonchev–Trinajstić information content (AvgIpc) is 2.50. The number of ether oxygens (including phenoxy) is 3. The molecule has 0 spiro atoms. The molecule has 0 aliphatic carbocycles. The van der Waals surface area contributed by atoms with Gasteiger partial charge in [-0.25, -0.2) is 4.98 Å². The van der Waals surface area contributed by atoms with Gasteiger partial charge in [0.1, 0.15) is 22.3 Å². The lowest BCUT2D eigenvalue weighted by Gasteiger charge is -2.11. The van der Waals surface area contributed by atoms with Gasteiger partial charge in [-0.15, -0.1) is 0 Å². The number of nitrogens with one attached hydrogen (secondary N) is 1. The molecule has 0 radical (unpaired) electrons. The molecular formula is C15H17ClN2O3. The topological polar surface area (TPSA) is 52.6 Å². The van der Waals surface area contributed by atoms with Gasteiger partial charge < -0.3 is 19.5 Å². The van der Waals surface area contributed by atoms with Crippen LogP contribution in [0.4, 0.5) is 0 Å². The Kier molecular flexibility index (Phi) is 5.25. The van der Waals surface area contributed by atoms with E-state index in [0.717, 1.165) is 5.56 Å². The fourth-order valence-electron chi connectivity index (χ4n) is 1.79. The monoisotopic (exact) mass is 308 g/mol. The molecule has 0 saturated carbocycles. The first-order valence-corrected chi connectivity index (χ1v) is 6.74. The number of hydrogen-bond donors (Lipinski definition) is 1. The molecule has 1 N–H and O–H groups in total. The lowest BCUT2D eigenvalue weighted by Crippen LogP contribution is -2.05. The van der Waals surface area contributed by atoms with Gasteiger partial charge in [0.15, 0.2) is 0 Å². The largest absolute Gasteiger partial charge is 0.496 e. The van der Waals surface area contributed by atoms with Crippen LogP contribution in [0.3, 0.4) is 0 Å². The minimum Gasteiger partial charge on any atom is -0.496 e. The third kappa shape index (κ3) is 4.00. The van der Waals surface area contributed by atoms with Crippen LogP contribution >= 0.6 is 11.6 Å². The molecule has 6 heteroatoms. The fourth-order valence-corrected chi connectivity index (χ4v) is 2.02. The second-order valence-corrected chi connectivity index (χ2v) is 4.72. The lowest BCUT2D eigenvalue weighted by atomic mass is 10.3. The van der Waals surface area contributed by atoms with E-state index >= 15 is 0 Å². The molecule has 0 unspecified atom stereocenters. The summed E-state index contributed by atoms with van der Waals surface area (Å²) >= 11 is 6.18. The standard InChI is InChI=1S/C15H17ClN2O3/c1-17-8-10-4-14(16)15(18-9-10)21-13-6-11(19-2)5-12(7-13)20-3/h4-7,9,17H,8H2,1-3H3. The third-order valence-electron chi connectivity index (χ3n) is 2.78. The van der Waals surface area contributed by atoms with E-state index in [4.69, 9.17) is 25.8 Å². The molecule has 2 rings (SSSR count). The summed E-state index contributed by atoms with van der Waals surface area (Å²) < 4.78 is 16.1. The first kappa shape index (κ1) is 15.4. The molecule has 0 bridgehead atoms. The van der Waals surface area contributed by atoms with E-state index in [1.807, 2.05) is 13.1 Å². The second kappa shape index (κ2) is 7.15. The smallest absolute Gasteiger partial charge is 0.238 e. The van der Waals surface area contributed by atoms with Crippen LogP contribution in [0.2, 0.25) is 5.02 Å². The van der Waals surface area contributed by atoms with Crippen molar-refractivity contribution in [1.29, 1.82) is 0 Å². The van der Waals surface area contributed by atoms with Gasteiger partial charge in [-0.3, -0.25) is 0 Å². The summed E-state index contributed by atoms with van der Waals surface area (Å²) in [6.07, 6.45) is 1.72. The van der Waals surface area contributed by atoms with Crippen LogP contribution in [-0.2, 0) is 6.54 Å². The number of nitrogens with zero attached hydrogens (tertiary/aromatic N) is 1. The van der Waals surface area contributed by atoms with Crippen molar-refractivity contribution in [1.82, 2.24) is 10.3 Å². The maximum Gasteiger partial charge on any atom is 0.238 e. The molecule has 0 aliphatic heterocycles. The Bertz CT molecular complexity index is 598. The van der Waals surface area contributed by atoms with Gasteiger partial charge in [-0.1, -0.05) is 11.6 Å². The van der Waals surface area contributed by atoms with E-state index < -0.39 is 0 Å². The summed E-state index contributed by atoms with van der Waals surface area (Å²) in [7, 11) is 5.02. The average molecular weight is 309 g/mol. The van der Waals surface area contributed by atoms with Crippen LogP contribution in [0.25, 0.3) is 0 Å². The number of rotatable bonds is 6. The molecule has 0 amide bonds. The first-order chi connectivity index (χ1) is 10.2. The maximum absolute atomic E-state index is 6.18. The maximum atomic E-state index is 6.18. The Morgan fingerprint density at radius 2 is 1.67 bits per heavy atom. The van der Waals surface area contributed by atoms with Crippen molar-refractivity contribution in [2.24, 2.45) is 0 Å². The van der Waals surface area contributed by atoms with Crippen LogP contribution in [-0.4, -0.2) is 26.3 Å². The normalized spacial score (nSPS) is 10.3. The molecule has 0 aliphatic rings. The summed E-state index contributed by atoms with van der Waals surface area (Å²) in [4.78, 5) is 4.23. The zero-order chi connectivity index (χ0) is 15.2. The molecule has 0 atom stereocenters. The second-order valence-electron chi connectivity index (χ2n) is 4.31. The van der Waals surface area contributed by atoms with Crippen LogP contribution in [0.1, 0.15) is 5.56 Å². The van der Waals surface area contributed by atoms with Crippen molar-refractivity contribution >= 4 is 11.6 Å². The van der Waals surface area contributed by atoms with E-state index in [1.54, 1.807) is 38.6 Å². The van der Waals surface area contributed by atoms with Crippen LogP contribution in [0.15, 0.2) is 30.5 Å². The van der Waals surface area contributed by atoms with Crippen molar-refractivity contribution in [2.45, 2.75) is 6.54 Å². The third-order valence-corrected chi connectivity index (χ3v) is 3.06. The number of pyridine rings is 1. The van der Waals surface area contributed by atoms with Crippen LogP contribution in [0, 0.1) is 0 Å². The van der Waals surface area contributed by atoms with Gasteiger partial charge in [0.25, 0.3) is 0 Å². The Morgan fingerprint density at radius 1 is 1.05 bits per heavy atom. The molecule has 0 fully saturated rings. The summed E-state index contributed by atoms with van der Waals surface area (Å²) in [6, 6.07) is 7.06. The molecular weight excluding hydrogens is 292 g/mol. The van der Waals surface area contributed by atoms with Gasteiger partial charge >= 0.3 is 0 Å². The van der Waals surface area contributed by atoms with E-state index in [1.165, 1.54) is 0 Å². The Hall–Kier alpha value is -1.98. The van der Waals surface area contributed by atoms with E-state index in [9.17, 15) is 0 Å². The zero-order valence-corrected chi connectivity index (χ0v) is 12.9. The Balaban J connectivity index is 2.25. The summed E-state index contributed by atoms with van der Waals surface area (Å²) in [5.74, 6) is 2.15. The number of halogens is 1. The highest BCUT2D eigenvalue weighted by Crippen LogP contribution is 2.33. The lowest BCUT2D eigenvalue weighted by molar-refractivity contribution is 0.385. The molecule has 0 saturated heterocycles. The van der Waals surface area contributed by atoms with Crippen molar-refractivity contribution in [3.8, 4) is 23.1 Å². The summed E-state index contributed by atoms with van der Waals surface area (Å²) in [5, 5.41) is 3.49. The predicted octanol–water partition coefficient (Wildman–Crippen LogP) is 3.26. The highest BCUT2D eigenvalue weighted by atomic mass is 35.5. The van der Waals surface area contributed by atoms with Crippen LogP contribution < -0.4 is 19.5 Å². The van der Waals surface area contributed by atoms with Crippen molar-refractivity contribution in [3.05, 3.63) is 41.0 Å². The van der Waals surface area contributed by atoms with E-state index in [0.29, 0.717) is 34.7 Å². The quantitative estimate of drug-likeness (QED) is 0.887. The Morgan fingerprint density at radius 3 is 2.19 bits per heavy atom. The predicted molar refractivity (Wildman–Crippen MR) is 81.6 cm³/mol. The molecule has 1 heterocycles. The molecule has 112 valence electrons. The minimum absolute atomic E-state index is 0.340. The number of benzene rings is 1. The van der Waals surface area contributed by atoms with Gasteiger partial charge in [0.2, 0.25) is 5.88 Å². The molecule has 2 aromatic rings. The van der Waals surface area contributed by atoms with Crippen molar-refractivity contribution < 1.29 is 14.2 Å². The van der Waals surface area contributed by atoms with Crippen molar-refractivity contribution in [3.63, 3.8) is 0 Å². The molecule has 21 heavy (non-hydrogen) atoms. The molecule has 1 aromatic carbocycles. The molecule has 1 aromatic heterocycles. The fraction of sp³-hybridized carbons (Fsp3) is 0.267. The first-order valence-electron chi connectivity index (χ1n) is 6.36. The van der Waals surface area contributed by atoms with Gasteiger partial charge in [-0.05, 0) is 18.7 Å². The zero-order valence-electron chi connectivity index (χ0n) is 12.1. The van der Waals surface area contributed by atoms with Gasteiger partial charge in [0, 0.05) is 30.9 Å². The number of aromatic nitrogens is 1. The van der Waals surface area contributed by atoms with Crippen LogP contribution in [0.5, 0.6) is 23.1 Å². The highest BCUT2D eigenvalue weighted by molar-refractivity contribution is 6.31. The van der Waals surface area contributed by atoms with E-state index in [2.05, 4.69) is 10.3 Å². The van der Waals surface area contributed by atoms with E-state index in [-0.39, 0.29) is 0 Å². The Labute approximate surface area is 128 Å². The molecule has 5 nitrogen and oxygen atoms in total. The highest BCUT2D eigenvalue weighted by Gasteiger charge is 2.09. The number of hydrogen-bond acceptors (Lipinski definition) is 5. The van der Waals surface area contributed by atoms with Crippen molar-refractivity contribution in [2.75, 3.05) is 21.3 Å². The number of methoxy groups -OCH3 is 2. The van der Waals surface area contributed by atoms with Gasteiger partial charge in [0.05, 0.1) is 14.2 Å². The summed E-state index contributed by atoms with van der Waals surface area (Å²) in [5.41, 5.74) is 0.984. The minimum atomic E-state index is 0.340.